The molecule has 2 aromatic rings. The maximum Gasteiger partial charge on any atom is 0.193 e. The van der Waals surface area contributed by atoms with Crippen molar-refractivity contribution in [3.63, 3.8) is 0 Å². The van der Waals surface area contributed by atoms with Crippen molar-refractivity contribution < 1.29 is 8.42 Å². The maximum absolute atomic E-state index is 12.6. The van der Waals surface area contributed by atoms with E-state index >= 15 is 0 Å². The summed E-state index contributed by atoms with van der Waals surface area (Å²) in [5, 5.41) is 0.00967. The van der Waals surface area contributed by atoms with Crippen LogP contribution >= 0.6 is 0 Å². The summed E-state index contributed by atoms with van der Waals surface area (Å²) in [4.78, 5) is 12.6. The first-order chi connectivity index (χ1) is 10.5. The number of aromatic nitrogens is 1. The van der Waals surface area contributed by atoms with Crippen molar-refractivity contribution in [3.05, 3.63) is 58.4 Å². The van der Waals surface area contributed by atoms with Crippen LogP contribution in [0.4, 0.5) is 0 Å². The van der Waals surface area contributed by atoms with E-state index in [0.717, 1.165) is 18.4 Å². The third kappa shape index (κ3) is 2.20. The fraction of sp³-hybridized carbons (Fsp3) is 0.353. The Kier molecular flexibility index (Phi) is 3.68. The highest BCUT2D eigenvalue weighted by molar-refractivity contribution is 7.91. The molecule has 0 spiro atoms. The first-order valence-corrected chi connectivity index (χ1v) is 9.12. The molecule has 0 amide bonds. The van der Waals surface area contributed by atoms with Gasteiger partial charge in [-0.2, -0.15) is 0 Å². The van der Waals surface area contributed by atoms with Crippen molar-refractivity contribution >= 4 is 20.7 Å². The highest BCUT2D eigenvalue weighted by atomic mass is 32.2. The number of sulfone groups is 1. The van der Waals surface area contributed by atoms with Gasteiger partial charge in [0.1, 0.15) is 5.25 Å². The Morgan fingerprint density at radius 1 is 1.36 bits per heavy atom. The van der Waals surface area contributed by atoms with Crippen LogP contribution in [0.1, 0.15) is 35.8 Å². The Morgan fingerprint density at radius 2 is 2.09 bits per heavy atom. The molecule has 4 nitrogen and oxygen atoms in total. The number of benzene rings is 1. The predicted molar refractivity (Wildman–Crippen MR) is 88.6 cm³/mol. The molecule has 1 atom stereocenters. The number of unbranched alkanes of at least 4 members (excludes halogenated alkanes) is 1. The van der Waals surface area contributed by atoms with Gasteiger partial charge in [-0.05, 0) is 31.4 Å². The molecule has 0 bridgehead atoms. The Labute approximate surface area is 130 Å². The molecule has 22 heavy (non-hydrogen) atoms. The largest absolute Gasteiger partial charge is 0.346 e. The van der Waals surface area contributed by atoms with Crippen molar-refractivity contribution in [2.75, 3.05) is 0 Å². The fourth-order valence-corrected chi connectivity index (χ4v) is 5.40. The number of pyridine rings is 1. The summed E-state index contributed by atoms with van der Waals surface area (Å²) in [6, 6.07) is 7.30. The van der Waals surface area contributed by atoms with Crippen LogP contribution in [0.15, 0.2) is 41.7 Å². The van der Waals surface area contributed by atoms with E-state index in [4.69, 9.17) is 0 Å². The van der Waals surface area contributed by atoms with E-state index in [9.17, 15) is 13.2 Å². The zero-order valence-electron chi connectivity index (χ0n) is 12.6. The van der Waals surface area contributed by atoms with Gasteiger partial charge in [-0.1, -0.05) is 18.2 Å². The minimum absolute atomic E-state index is 0.140. The molecule has 0 N–H and O–H groups in total. The second-order valence-electron chi connectivity index (χ2n) is 5.78. The monoisotopic (exact) mass is 317 g/mol. The van der Waals surface area contributed by atoms with Crippen molar-refractivity contribution in [2.45, 2.75) is 30.3 Å². The molecule has 5 heteroatoms. The van der Waals surface area contributed by atoms with Gasteiger partial charge in [-0.15, -0.1) is 6.58 Å². The lowest BCUT2D eigenvalue weighted by Crippen LogP contribution is -2.16. The highest BCUT2D eigenvalue weighted by Gasteiger charge is 2.40. The maximum atomic E-state index is 12.6. The van der Waals surface area contributed by atoms with Crippen LogP contribution in [0.5, 0.6) is 0 Å². The zero-order chi connectivity index (χ0) is 15.9. The van der Waals surface area contributed by atoms with Gasteiger partial charge < -0.3 is 4.57 Å². The number of nitrogens with zero attached hydrogens (tertiary/aromatic N) is 1. The van der Waals surface area contributed by atoms with E-state index in [1.165, 1.54) is 0 Å². The van der Waals surface area contributed by atoms with E-state index in [1.807, 2.05) is 23.7 Å². The summed E-state index contributed by atoms with van der Waals surface area (Å²) in [6.45, 7) is 3.67. The number of fused-ring (bicyclic) bond motifs is 2. The van der Waals surface area contributed by atoms with E-state index in [1.54, 1.807) is 18.2 Å². The third-order valence-corrected chi connectivity index (χ3v) is 6.43. The van der Waals surface area contributed by atoms with Gasteiger partial charge in [0.25, 0.3) is 0 Å². The van der Waals surface area contributed by atoms with Gasteiger partial charge in [0.2, 0.25) is 0 Å². The Morgan fingerprint density at radius 3 is 2.82 bits per heavy atom. The van der Waals surface area contributed by atoms with Gasteiger partial charge in [0.15, 0.2) is 15.3 Å². The van der Waals surface area contributed by atoms with Crippen LogP contribution in [-0.2, 0) is 22.6 Å². The summed E-state index contributed by atoms with van der Waals surface area (Å²) >= 11 is 0. The molecule has 1 aromatic heterocycles. The lowest BCUT2D eigenvalue weighted by Gasteiger charge is -2.16. The molecule has 3 rings (SSSR count). The number of hydrogen-bond donors (Lipinski definition) is 0. The van der Waals surface area contributed by atoms with Gasteiger partial charge >= 0.3 is 0 Å². The fourth-order valence-electron chi connectivity index (χ4n) is 3.35. The molecular formula is C17H19NO3S. The predicted octanol–water partition coefficient (Wildman–Crippen LogP) is 2.86. The van der Waals surface area contributed by atoms with E-state index < -0.39 is 15.1 Å². The Hall–Kier alpha value is -1.88. The molecule has 1 aliphatic heterocycles. The number of aryl methyl sites for hydroxylation is 1. The average Bonchev–Trinajstić information content (AvgIpc) is 2.77. The summed E-state index contributed by atoms with van der Waals surface area (Å²) in [5.41, 5.74) is 1.77. The quantitative estimate of drug-likeness (QED) is 0.643. The highest BCUT2D eigenvalue weighted by Crippen LogP contribution is 2.39. The van der Waals surface area contributed by atoms with Gasteiger partial charge in [0.05, 0.1) is 11.3 Å². The molecule has 0 saturated carbocycles. The molecule has 2 heterocycles. The molecule has 116 valence electrons. The van der Waals surface area contributed by atoms with Crippen LogP contribution in [0.3, 0.4) is 0 Å². The number of hydrogen-bond acceptors (Lipinski definition) is 3. The van der Waals surface area contributed by atoms with Crippen LogP contribution < -0.4 is 5.43 Å². The Bertz CT molecular complexity index is 909. The third-order valence-electron chi connectivity index (χ3n) is 4.41. The number of para-hydroxylation sites is 1. The summed E-state index contributed by atoms with van der Waals surface area (Å²) in [6.07, 6.45) is 3.87. The summed E-state index contributed by atoms with van der Waals surface area (Å²) < 4.78 is 26.9. The second kappa shape index (κ2) is 5.39. The van der Waals surface area contributed by atoms with Crippen molar-refractivity contribution in [3.8, 4) is 0 Å². The molecule has 1 unspecified atom stereocenters. The molecule has 0 radical (unpaired) electrons. The van der Waals surface area contributed by atoms with Crippen LogP contribution in [-0.4, -0.2) is 13.0 Å². The lowest BCUT2D eigenvalue weighted by atomic mass is 10.0. The molecule has 1 aliphatic rings. The van der Waals surface area contributed by atoms with E-state index in [-0.39, 0.29) is 11.2 Å². The molecule has 0 saturated heterocycles. The number of rotatable bonds is 4. The number of allylic oxidation sites excluding steroid dienone is 1. The minimum atomic E-state index is -3.30. The topological polar surface area (TPSA) is 56.1 Å². The second-order valence-corrected chi connectivity index (χ2v) is 7.97. The first kappa shape index (κ1) is 15.0. The van der Waals surface area contributed by atoms with Gasteiger partial charge in [-0.3, -0.25) is 4.79 Å². The van der Waals surface area contributed by atoms with Gasteiger partial charge in [-0.25, -0.2) is 8.42 Å². The van der Waals surface area contributed by atoms with Crippen LogP contribution in [0.25, 0.3) is 10.9 Å². The van der Waals surface area contributed by atoms with Crippen molar-refractivity contribution in [1.82, 2.24) is 4.57 Å². The standard InChI is InChI=1S/C17H19NO3S/c1-3-4-5-10-15-16-13(11-22(15,20)21)17(19)12-8-6-7-9-14(12)18(16)2/h3,6-9,15H,1,4-5,10-11H2,2H3. The molecule has 0 fully saturated rings. The molecular weight excluding hydrogens is 298 g/mol. The SMILES string of the molecule is C=CCCCC1c2c(c(=O)c3ccccc3n2C)CS1(=O)=O. The Balaban J connectivity index is 2.24. The minimum Gasteiger partial charge on any atom is -0.346 e. The smallest absolute Gasteiger partial charge is 0.193 e. The average molecular weight is 317 g/mol. The van der Waals surface area contributed by atoms with Crippen LogP contribution in [0, 0.1) is 0 Å². The molecule has 1 aromatic carbocycles. The first-order valence-electron chi connectivity index (χ1n) is 7.40. The lowest BCUT2D eigenvalue weighted by molar-refractivity contribution is 0.572. The summed E-state index contributed by atoms with van der Waals surface area (Å²) in [5.74, 6) is -0.140. The van der Waals surface area contributed by atoms with E-state index in [0.29, 0.717) is 23.1 Å². The van der Waals surface area contributed by atoms with Crippen molar-refractivity contribution in [2.24, 2.45) is 7.05 Å². The normalized spacial score (nSPS) is 19.2. The van der Waals surface area contributed by atoms with Crippen molar-refractivity contribution in [1.29, 1.82) is 0 Å². The zero-order valence-corrected chi connectivity index (χ0v) is 13.4. The van der Waals surface area contributed by atoms with Gasteiger partial charge in [0, 0.05) is 23.7 Å². The summed E-state index contributed by atoms with van der Waals surface area (Å²) in [7, 11) is -1.46. The van der Waals surface area contributed by atoms with E-state index in [2.05, 4.69) is 6.58 Å². The van der Waals surface area contributed by atoms with Crippen LogP contribution in [0.2, 0.25) is 0 Å². The molecule has 0 aliphatic carbocycles.